The molecular weight excluding hydrogens is 240 g/mol. The highest BCUT2D eigenvalue weighted by Crippen LogP contribution is 2.45. The molecule has 2 heterocycles. The van der Waals surface area contributed by atoms with E-state index < -0.39 is 0 Å². The average molecular weight is 260 g/mol. The number of pyridine rings is 1. The Kier molecular flexibility index (Phi) is 2.96. The van der Waals surface area contributed by atoms with Gasteiger partial charge in [0.2, 0.25) is 5.91 Å². The molecule has 1 unspecified atom stereocenters. The summed E-state index contributed by atoms with van der Waals surface area (Å²) in [5.74, 6) is 1.68. The molecule has 102 valence electrons. The van der Waals surface area contributed by atoms with Crippen molar-refractivity contribution in [3.8, 4) is 0 Å². The lowest BCUT2D eigenvalue weighted by molar-refractivity contribution is -0.137. The fourth-order valence-electron chi connectivity index (χ4n) is 3.86. The monoisotopic (exact) mass is 260 g/mol. The third-order valence-electron chi connectivity index (χ3n) is 5.00. The Balaban J connectivity index is 1.88. The van der Waals surface area contributed by atoms with E-state index in [0.717, 1.165) is 13.0 Å². The number of likely N-dealkylation sites (tertiary alicyclic amines) is 1. The van der Waals surface area contributed by atoms with Gasteiger partial charge in [-0.05, 0) is 24.3 Å². The third-order valence-corrected chi connectivity index (χ3v) is 5.00. The van der Waals surface area contributed by atoms with Crippen LogP contribution < -0.4 is 5.56 Å². The highest BCUT2D eigenvalue weighted by Gasteiger charge is 2.48. The first-order valence-electron chi connectivity index (χ1n) is 6.99. The van der Waals surface area contributed by atoms with Gasteiger partial charge in [0.05, 0.1) is 0 Å². The molecule has 1 aromatic heterocycles. The van der Waals surface area contributed by atoms with Crippen LogP contribution in [0.1, 0.15) is 19.8 Å². The smallest absolute Gasteiger partial charge is 0.250 e. The van der Waals surface area contributed by atoms with Crippen LogP contribution >= 0.6 is 0 Å². The lowest BCUT2D eigenvalue weighted by atomic mass is 9.83. The maximum atomic E-state index is 11.9. The van der Waals surface area contributed by atoms with E-state index in [1.165, 1.54) is 0 Å². The van der Waals surface area contributed by atoms with Crippen LogP contribution in [-0.4, -0.2) is 28.5 Å². The molecule has 2 aliphatic rings. The second kappa shape index (κ2) is 4.51. The zero-order valence-corrected chi connectivity index (χ0v) is 11.5. The van der Waals surface area contributed by atoms with Crippen molar-refractivity contribution in [3.05, 3.63) is 34.7 Å². The summed E-state index contributed by atoms with van der Waals surface area (Å²) in [6.45, 7) is 2.97. The van der Waals surface area contributed by atoms with Crippen LogP contribution in [0.3, 0.4) is 0 Å². The van der Waals surface area contributed by atoms with Crippen molar-refractivity contribution < 1.29 is 4.79 Å². The molecule has 1 saturated carbocycles. The summed E-state index contributed by atoms with van der Waals surface area (Å²) >= 11 is 0. The van der Waals surface area contributed by atoms with Crippen molar-refractivity contribution in [2.24, 2.45) is 17.8 Å². The molecular formula is C15H20N2O2. The predicted octanol–water partition coefficient (Wildman–Crippen LogP) is 1.35. The predicted molar refractivity (Wildman–Crippen MR) is 72.6 cm³/mol. The lowest BCUT2D eigenvalue weighted by Gasteiger charge is -2.37. The molecule has 4 atom stereocenters. The minimum absolute atomic E-state index is 0.0501. The van der Waals surface area contributed by atoms with E-state index in [-0.39, 0.29) is 11.5 Å². The van der Waals surface area contributed by atoms with Gasteiger partial charge in [-0.25, -0.2) is 0 Å². The van der Waals surface area contributed by atoms with Crippen molar-refractivity contribution in [3.63, 3.8) is 0 Å². The molecule has 1 saturated heterocycles. The van der Waals surface area contributed by atoms with E-state index in [0.29, 0.717) is 30.2 Å². The van der Waals surface area contributed by atoms with E-state index in [2.05, 4.69) is 6.92 Å². The van der Waals surface area contributed by atoms with Gasteiger partial charge < -0.3 is 9.47 Å². The zero-order chi connectivity index (χ0) is 13.6. The molecule has 0 radical (unpaired) electrons. The quantitative estimate of drug-likeness (QED) is 0.805. The highest BCUT2D eigenvalue weighted by atomic mass is 16.2. The molecule has 1 aliphatic heterocycles. The Bertz CT molecular complexity index is 551. The molecule has 0 N–H and O–H groups in total. The summed E-state index contributed by atoms with van der Waals surface area (Å²) in [4.78, 5) is 25.7. The van der Waals surface area contributed by atoms with Crippen LogP contribution in [0.15, 0.2) is 29.2 Å². The summed E-state index contributed by atoms with van der Waals surface area (Å²) in [6, 6.07) is 5.56. The first-order chi connectivity index (χ1) is 9.08. The number of piperidine rings is 1. The highest BCUT2D eigenvalue weighted by molar-refractivity contribution is 5.78. The van der Waals surface area contributed by atoms with Crippen LogP contribution in [-0.2, 0) is 11.3 Å². The summed E-state index contributed by atoms with van der Waals surface area (Å²) in [7, 11) is 1.90. The maximum Gasteiger partial charge on any atom is 0.250 e. The van der Waals surface area contributed by atoms with E-state index in [4.69, 9.17) is 0 Å². The summed E-state index contributed by atoms with van der Waals surface area (Å²) in [5, 5.41) is 0. The Morgan fingerprint density at radius 3 is 2.84 bits per heavy atom. The van der Waals surface area contributed by atoms with Gasteiger partial charge in [-0.2, -0.15) is 0 Å². The number of rotatable bonds is 2. The van der Waals surface area contributed by atoms with Gasteiger partial charge in [0.1, 0.15) is 0 Å². The minimum atomic E-state index is 0.0501. The first-order valence-corrected chi connectivity index (χ1v) is 6.99. The maximum absolute atomic E-state index is 11.9. The fourth-order valence-corrected chi connectivity index (χ4v) is 3.86. The summed E-state index contributed by atoms with van der Waals surface area (Å²) < 4.78 is 1.78. The van der Waals surface area contributed by atoms with Gasteiger partial charge in [0.15, 0.2) is 0 Å². The Hall–Kier alpha value is -1.58. The standard InChI is InChI=1S/C15H20N2O2/c1-10-7-13-12(11(10)8-15(19)16(13)2)9-17-6-4-3-5-14(17)18/h3-6,10-13H,7-9H2,1-2H3/t10-,11?,12+,13+/m1/s1. The zero-order valence-electron chi connectivity index (χ0n) is 11.5. The number of amides is 1. The van der Waals surface area contributed by atoms with Gasteiger partial charge in [-0.15, -0.1) is 0 Å². The van der Waals surface area contributed by atoms with E-state index in [9.17, 15) is 9.59 Å². The Morgan fingerprint density at radius 2 is 2.11 bits per heavy atom. The number of nitrogens with zero attached hydrogens (tertiary/aromatic N) is 2. The van der Waals surface area contributed by atoms with Crippen LogP contribution in [0.4, 0.5) is 0 Å². The topological polar surface area (TPSA) is 42.3 Å². The molecule has 1 aromatic rings. The lowest BCUT2D eigenvalue weighted by Crippen LogP contribution is -2.47. The van der Waals surface area contributed by atoms with Gasteiger partial charge in [-0.1, -0.05) is 13.0 Å². The van der Waals surface area contributed by atoms with Crippen LogP contribution in [0.2, 0.25) is 0 Å². The van der Waals surface area contributed by atoms with Crippen LogP contribution in [0.5, 0.6) is 0 Å². The number of hydrogen-bond acceptors (Lipinski definition) is 2. The van der Waals surface area contributed by atoms with Crippen LogP contribution in [0.25, 0.3) is 0 Å². The summed E-state index contributed by atoms with van der Waals surface area (Å²) in [6.07, 6.45) is 3.56. The first kappa shape index (κ1) is 12.5. The molecule has 1 amide bonds. The molecule has 4 heteroatoms. The Morgan fingerprint density at radius 1 is 1.32 bits per heavy atom. The van der Waals surface area contributed by atoms with E-state index in [1.54, 1.807) is 16.7 Å². The van der Waals surface area contributed by atoms with Gasteiger partial charge in [0, 0.05) is 44.2 Å². The molecule has 1 aliphatic carbocycles. The number of hydrogen-bond donors (Lipinski definition) is 0. The molecule has 0 aromatic carbocycles. The van der Waals surface area contributed by atoms with Crippen molar-refractivity contribution in [2.45, 2.75) is 32.4 Å². The second-order valence-corrected chi connectivity index (χ2v) is 6.01. The number of aromatic nitrogens is 1. The van der Waals surface area contributed by atoms with Gasteiger partial charge in [-0.3, -0.25) is 9.59 Å². The van der Waals surface area contributed by atoms with Gasteiger partial charge >= 0.3 is 0 Å². The van der Waals surface area contributed by atoms with E-state index >= 15 is 0 Å². The largest absolute Gasteiger partial charge is 0.342 e. The van der Waals surface area contributed by atoms with Crippen molar-refractivity contribution >= 4 is 5.91 Å². The van der Waals surface area contributed by atoms with Crippen molar-refractivity contribution in [1.82, 2.24) is 9.47 Å². The molecule has 19 heavy (non-hydrogen) atoms. The summed E-state index contributed by atoms with van der Waals surface area (Å²) in [5.41, 5.74) is 0.0501. The van der Waals surface area contributed by atoms with Crippen molar-refractivity contribution in [2.75, 3.05) is 7.05 Å². The molecule has 2 bridgehead atoms. The average Bonchev–Trinajstić information content (AvgIpc) is 2.62. The van der Waals surface area contributed by atoms with Crippen LogP contribution in [0, 0.1) is 17.8 Å². The van der Waals surface area contributed by atoms with Gasteiger partial charge in [0.25, 0.3) is 5.56 Å². The molecule has 3 rings (SSSR count). The molecule has 4 nitrogen and oxygen atoms in total. The van der Waals surface area contributed by atoms with E-state index in [1.807, 2.05) is 24.2 Å². The normalized spacial score (nSPS) is 33.8. The second-order valence-electron chi connectivity index (χ2n) is 6.01. The van der Waals surface area contributed by atoms with Crippen molar-refractivity contribution in [1.29, 1.82) is 0 Å². The number of carbonyl (C=O) groups excluding carboxylic acids is 1. The molecule has 0 spiro atoms. The minimum Gasteiger partial charge on any atom is -0.342 e. The molecule has 2 fully saturated rings. The fraction of sp³-hybridized carbons (Fsp3) is 0.600. The number of fused-ring (bicyclic) bond motifs is 2. The third kappa shape index (κ3) is 1.99. The number of carbonyl (C=O) groups is 1. The SMILES string of the molecule is C[C@@H]1C[C@H]2[C@@H](Cn3ccccc3=O)C1CC(=O)N2C. The Labute approximate surface area is 113 Å².